The molecule has 0 aliphatic carbocycles. The minimum absolute atomic E-state index is 0.115. The van der Waals surface area contributed by atoms with Gasteiger partial charge in [0.2, 0.25) is 0 Å². The first kappa shape index (κ1) is 14.0. The topological polar surface area (TPSA) is 74.1 Å². The number of aromatic nitrogens is 1. The van der Waals surface area contributed by atoms with Crippen LogP contribution in [0.2, 0.25) is 0 Å². The van der Waals surface area contributed by atoms with E-state index in [9.17, 15) is 8.42 Å². The van der Waals surface area contributed by atoms with E-state index in [-0.39, 0.29) is 4.90 Å². The summed E-state index contributed by atoms with van der Waals surface area (Å²) >= 11 is 0. The normalized spacial score (nSPS) is 10.8. The monoisotopic (exact) mass is 287 g/mol. The maximum Gasteiger partial charge on any atom is 0.265 e. The van der Waals surface area contributed by atoms with E-state index in [1.54, 1.807) is 37.3 Å². The van der Waals surface area contributed by atoms with Crippen LogP contribution in [0.3, 0.4) is 0 Å². The van der Waals surface area contributed by atoms with Crippen LogP contribution in [0.15, 0.2) is 47.5 Å². The van der Waals surface area contributed by atoms with Crippen molar-refractivity contribution in [1.29, 1.82) is 5.26 Å². The standard InChI is InChI=1S/C14H13N3O2S/c1-11-6-7-12(10-15)9-13(11)20(18,19)17(2)14-5-3-4-8-16-14/h3-9H,1-2H3. The number of hydrogen-bond donors (Lipinski definition) is 0. The molecule has 0 amide bonds. The molecule has 1 heterocycles. The van der Waals surface area contributed by atoms with Crippen molar-refractivity contribution in [3.8, 4) is 6.07 Å². The third-order valence-corrected chi connectivity index (χ3v) is 4.83. The Morgan fingerprint density at radius 1 is 1.25 bits per heavy atom. The molecule has 1 aromatic carbocycles. The summed E-state index contributed by atoms with van der Waals surface area (Å²) in [7, 11) is -2.29. The van der Waals surface area contributed by atoms with Crippen LogP contribution in [-0.4, -0.2) is 20.4 Å². The number of nitriles is 1. The lowest BCUT2D eigenvalue weighted by Crippen LogP contribution is -2.28. The summed E-state index contributed by atoms with van der Waals surface area (Å²) in [6.45, 7) is 1.69. The second-order valence-electron chi connectivity index (χ2n) is 4.25. The summed E-state index contributed by atoms with van der Waals surface area (Å²) in [6, 6.07) is 11.6. The van der Waals surface area contributed by atoms with Crippen molar-refractivity contribution in [3.63, 3.8) is 0 Å². The van der Waals surface area contributed by atoms with E-state index in [2.05, 4.69) is 4.98 Å². The quantitative estimate of drug-likeness (QED) is 0.866. The van der Waals surface area contributed by atoms with Gasteiger partial charge in [-0.05, 0) is 36.8 Å². The fourth-order valence-electron chi connectivity index (χ4n) is 1.76. The molecule has 0 radical (unpaired) electrons. The molecule has 0 spiro atoms. The van der Waals surface area contributed by atoms with E-state index in [0.717, 1.165) is 4.31 Å². The number of rotatable bonds is 3. The predicted molar refractivity (Wildman–Crippen MR) is 75.7 cm³/mol. The molecule has 0 unspecified atom stereocenters. The Bertz CT molecular complexity index is 765. The van der Waals surface area contributed by atoms with E-state index >= 15 is 0 Å². The molecule has 1 aromatic heterocycles. The minimum Gasteiger partial charge on any atom is -0.253 e. The zero-order chi connectivity index (χ0) is 14.8. The average Bonchev–Trinajstić information content (AvgIpc) is 2.47. The fraction of sp³-hybridized carbons (Fsp3) is 0.143. The second kappa shape index (κ2) is 5.31. The highest BCUT2D eigenvalue weighted by atomic mass is 32.2. The van der Waals surface area contributed by atoms with Gasteiger partial charge in [0.1, 0.15) is 5.82 Å². The van der Waals surface area contributed by atoms with Crippen LogP contribution in [-0.2, 0) is 10.0 Å². The van der Waals surface area contributed by atoms with Gasteiger partial charge in [-0.3, -0.25) is 4.31 Å². The SMILES string of the molecule is Cc1ccc(C#N)cc1S(=O)(=O)N(C)c1ccccn1. The van der Waals surface area contributed by atoms with Gasteiger partial charge in [-0.2, -0.15) is 5.26 Å². The van der Waals surface area contributed by atoms with Crippen molar-refractivity contribution in [1.82, 2.24) is 4.98 Å². The van der Waals surface area contributed by atoms with Gasteiger partial charge in [-0.15, -0.1) is 0 Å². The molecular weight excluding hydrogens is 274 g/mol. The number of nitrogens with zero attached hydrogens (tertiary/aromatic N) is 3. The average molecular weight is 287 g/mol. The van der Waals surface area contributed by atoms with Crippen LogP contribution < -0.4 is 4.31 Å². The van der Waals surface area contributed by atoms with Crippen LogP contribution in [0.4, 0.5) is 5.82 Å². The third-order valence-electron chi connectivity index (χ3n) is 2.93. The highest BCUT2D eigenvalue weighted by molar-refractivity contribution is 7.92. The Balaban J connectivity index is 2.54. The largest absolute Gasteiger partial charge is 0.265 e. The molecule has 0 N–H and O–H groups in total. The van der Waals surface area contributed by atoms with Crippen LogP contribution in [0.1, 0.15) is 11.1 Å². The zero-order valence-corrected chi connectivity index (χ0v) is 11.9. The summed E-state index contributed by atoms with van der Waals surface area (Å²) in [5.41, 5.74) is 0.898. The summed E-state index contributed by atoms with van der Waals surface area (Å²) in [4.78, 5) is 4.14. The number of aryl methyl sites for hydroxylation is 1. The van der Waals surface area contributed by atoms with Gasteiger partial charge >= 0.3 is 0 Å². The molecule has 0 bridgehead atoms. The van der Waals surface area contributed by atoms with Crippen molar-refractivity contribution in [3.05, 3.63) is 53.7 Å². The van der Waals surface area contributed by atoms with Crippen LogP contribution >= 0.6 is 0 Å². The van der Waals surface area contributed by atoms with Crippen molar-refractivity contribution < 1.29 is 8.42 Å². The Labute approximate surface area is 118 Å². The Morgan fingerprint density at radius 3 is 2.60 bits per heavy atom. The van der Waals surface area contributed by atoms with E-state index in [4.69, 9.17) is 5.26 Å². The predicted octanol–water partition coefficient (Wildman–Crippen LogP) is 2.09. The minimum atomic E-state index is -3.74. The van der Waals surface area contributed by atoms with Crippen molar-refractivity contribution in [2.45, 2.75) is 11.8 Å². The van der Waals surface area contributed by atoms with Crippen molar-refractivity contribution in [2.24, 2.45) is 0 Å². The second-order valence-corrected chi connectivity index (χ2v) is 6.19. The number of anilines is 1. The molecule has 0 aliphatic heterocycles. The summed E-state index contributed by atoms with van der Waals surface area (Å²) < 4.78 is 26.3. The molecule has 20 heavy (non-hydrogen) atoms. The van der Waals surface area contributed by atoms with Crippen molar-refractivity contribution >= 4 is 15.8 Å². The fourth-order valence-corrected chi connectivity index (χ4v) is 3.16. The summed E-state index contributed by atoms with van der Waals surface area (Å²) in [6.07, 6.45) is 1.53. The summed E-state index contributed by atoms with van der Waals surface area (Å²) in [5, 5.41) is 8.90. The molecule has 2 aromatic rings. The first-order valence-electron chi connectivity index (χ1n) is 5.87. The number of benzene rings is 1. The van der Waals surface area contributed by atoms with Gasteiger partial charge in [0, 0.05) is 13.2 Å². The number of pyridine rings is 1. The molecule has 0 saturated carbocycles. The lowest BCUT2D eigenvalue weighted by Gasteiger charge is -2.19. The number of hydrogen-bond acceptors (Lipinski definition) is 4. The maximum atomic E-state index is 12.6. The Kier molecular flexibility index (Phi) is 3.72. The highest BCUT2D eigenvalue weighted by Gasteiger charge is 2.24. The van der Waals surface area contributed by atoms with Gasteiger partial charge in [-0.1, -0.05) is 12.1 Å². The van der Waals surface area contributed by atoms with Gasteiger partial charge in [-0.25, -0.2) is 13.4 Å². The lowest BCUT2D eigenvalue weighted by molar-refractivity contribution is 0.593. The molecule has 0 atom stereocenters. The smallest absolute Gasteiger partial charge is 0.253 e. The van der Waals surface area contributed by atoms with Gasteiger partial charge < -0.3 is 0 Å². The third kappa shape index (κ3) is 2.49. The molecule has 2 rings (SSSR count). The maximum absolute atomic E-state index is 12.6. The first-order chi connectivity index (χ1) is 9.46. The molecule has 0 saturated heterocycles. The number of sulfonamides is 1. The Hall–Kier alpha value is -2.39. The van der Waals surface area contributed by atoms with Crippen LogP contribution in [0, 0.1) is 18.3 Å². The molecule has 0 aliphatic rings. The highest BCUT2D eigenvalue weighted by Crippen LogP contribution is 2.23. The molecule has 6 heteroatoms. The molecule has 0 fully saturated rings. The van der Waals surface area contributed by atoms with Gasteiger partial charge in [0.15, 0.2) is 0 Å². The first-order valence-corrected chi connectivity index (χ1v) is 7.31. The van der Waals surface area contributed by atoms with E-state index < -0.39 is 10.0 Å². The molecule has 102 valence electrons. The van der Waals surface area contributed by atoms with Crippen LogP contribution in [0.25, 0.3) is 0 Å². The van der Waals surface area contributed by atoms with E-state index in [1.807, 2.05) is 6.07 Å². The Morgan fingerprint density at radius 2 is 2.00 bits per heavy atom. The van der Waals surface area contributed by atoms with Gasteiger partial charge in [0.25, 0.3) is 10.0 Å². The lowest BCUT2D eigenvalue weighted by atomic mass is 10.2. The van der Waals surface area contributed by atoms with Gasteiger partial charge in [0.05, 0.1) is 16.5 Å². The zero-order valence-electron chi connectivity index (χ0n) is 11.1. The molecule has 5 nitrogen and oxygen atoms in total. The van der Waals surface area contributed by atoms with Crippen LogP contribution in [0.5, 0.6) is 0 Å². The summed E-state index contributed by atoms with van der Waals surface area (Å²) in [5.74, 6) is 0.328. The van der Waals surface area contributed by atoms with Crippen molar-refractivity contribution in [2.75, 3.05) is 11.4 Å². The molecular formula is C14H13N3O2S. The van der Waals surface area contributed by atoms with E-state index in [0.29, 0.717) is 16.9 Å². The van der Waals surface area contributed by atoms with E-state index in [1.165, 1.54) is 19.3 Å².